The minimum Gasteiger partial charge on any atom is -0.494 e. The number of ether oxygens (including phenoxy) is 1. The first-order chi connectivity index (χ1) is 17.9. The van der Waals surface area contributed by atoms with Crippen LogP contribution in [0.25, 0.3) is 11.0 Å². The molecule has 0 saturated carbocycles. The lowest BCUT2D eigenvalue weighted by molar-refractivity contribution is -0.129. The number of carbonyl (C=O) groups excluding carboxylic acids is 1. The molecule has 1 aliphatic rings. The largest absolute Gasteiger partial charge is 0.494 e. The van der Waals surface area contributed by atoms with Gasteiger partial charge in [-0.15, -0.1) is 0 Å². The van der Waals surface area contributed by atoms with Crippen molar-refractivity contribution in [3.63, 3.8) is 0 Å². The highest BCUT2D eigenvalue weighted by Gasteiger charge is 2.36. The van der Waals surface area contributed by atoms with Gasteiger partial charge in [-0.05, 0) is 74.6 Å². The van der Waals surface area contributed by atoms with Crippen LogP contribution in [0.15, 0.2) is 66.7 Å². The predicted octanol–water partition coefficient (Wildman–Crippen LogP) is 7.24. The maximum Gasteiger partial charge on any atom is 0.223 e. The number of para-hydroxylation sites is 2. The van der Waals surface area contributed by atoms with Gasteiger partial charge in [-0.25, -0.2) is 4.98 Å². The molecule has 1 aromatic heterocycles. The van der Waals surface area contributed by atoms with E-state index in [9.17, 15) is 4.79 Å². The topological polar surface area (TPSA) is 47.4 Å². The normalized spacial score (nSPS) is 16.5. The molecule has 1 fully saturated rings. The smallest absolute Gasteiger partial charge is 0.223 e. The van der Waals surface area contributed by atoms with Crippen LogP contribution >= 0.6 is 11.6 Å². The summed E-state index contributed by atoms with van der Waals surface area (Å²) < 4.78 is 8.34. The Morgan fingerprint density at radius 3 is 2.49 bits per heavy atom. The number of imidazole rings is 1. The average molecular weight is 516 g/mol. The van der Waals surface area contributed by atoms with Crippen LogP contribution in [0.2, 0.25) is 5.02 Å². The first-order valence-electron chi connectivity index (χ1n) is 13.1. The fourth-order valence-corrected chi connectivity index (χ4v) is 5.49. The van der Waals surface area contributed by atoms with Crippen LogP contribution in [0.3, 0.4) is 0 Å². The van der Waals surface area contributed by atoms with Crippen molar-refractivity contribution in [1.29, 1.82) is 0 Å². The zero-order valence-electron chi connectivity index (χ0n) is 21.8. The molecule has 5 nitrogen and oxygen atoms in total. The van der Waals surface area contributed by atoms with Gasteiger partial charge in [0.2, 0.25) is 5.91 Å². The maximum atomic E-state index is 13.1. The molecule has 1 saturated heterocycles. The number of nitrogens with zero attached hydrogens (tertiary/aromatic N) is 3. The molecular formula is C31H34ClN3O2. The number of unbranched alkanes of at least 4 members (excludes halogenated alkanes) is 1. The molecule has 2 atom stereocenters. The van der Waals surface area contributed by atoms with Crippen molar-refractivity contribution in [1.82, 2.24) is 14.5 Å². The summed E-state index contributed by atoms with van der Waals surface area (Å²) in [5.41, 5.74) is 5.35. The van der Waals surface area contributed by atoms with Gasteiger partial charge in [-0.1, -0.05) is 54.1 Å². The summed E-state index contributed by atoms with van der Waals surface area (Å²) in [5, 5.41) is 0.800. The van der Waals surface area contributed by atoms with Crippen molar-refractivity contribution in [3.8, 4) is 5.75 Å². The van der Waals surface area contributed by atoms with Gasteiger partial charge in [0.15, 0.2) is 0 Å². The summed E-state index contributed by atoms with van der Waals surface area (Å²) in [6, 6.07) is 22.6. The molecule has 0 N–H and O–H groups in total. The molecule has 4 aromatic rings. The van der Waals surface area contributed by atoms with Crippen LogP contribution in [-0.2, 0) is 11.3 Å². The Morgan fingerprint density at radius 2 is 1.73 bits per heavy atom. The Kier molecular flexibility index (Phi) is 7.52. The van der Waals surface area contributed by atoms with Gasteiger partial charge in [-0.3, -0.25) is 4.79 Å². The minimum atomic E-state index is 0.0498. The Labute approximate surface area is 224 Å². The molecule has 1 aliphatic heterocycles. The van der Waals surface area contributed by atoms with Gasteiger partial charge < -0.3 is 14.2 Å². The molecule has 6 heteroatoms. The number of fused-ring (bicyclic) bond motifs is 1. The SMILES string of the molecule is Cc1cc(OCCCCn2c(C3CC(=O)N(C(C)c4ccccc4)C3)nc3ccccc32)cc(C)c1Cl. The molecular weight excluding hydrogens is 482 g/mol. The second kappa shape index (κ2) is 11.0. The van der Waals surface area contributed by atoms with Gasteiger partial charge in [0.05, 0.1) is 23.7 Å². The number of aryl methyl sites for hydroxylation is 3. The molecule has 0 aliphatic carbocycles. The summed E-state index contributed by atoms with van der Waals surface area (Å²) in [4.78, 5) is 20.1. The van der Waals surface area contributed by atoms with E-state index >= 15 is 0 Å². The van der Waals surface area contributed by atoms with Crippen molar-refractivity contribution in [2.24, 2.45) is 0 Å². The van der Waals surface area contributed by atoms with E-state index in [-0.39, 0.29) is 17.9 Å². The summed E-state index contributed by atoms with van der Waals surface area (Å²) in [6.07, 6.45) is 2.38. The zero-order chi connectivity index (χ0) is 25.9. The number of likely N-dealkylation sites (tertiary alicyclic amines) is 1. The van der Waals surface area contributed by atoms with Gasteiger partial charge in [0.25, 0.3) is 0 Å². The molecule has 192 valence electrons. The minimum absolute atomic E-state index is 0.0498. The average Bonchev–Trinajstić information content (AvgIpc) is 3.47. The monoisotopic (exact) mass is 515 g/mol. The van der Waals surface area contributed by atoms with E-state index in [1.54, 1.807) is 0 Å². The van der Waals surface area contributed by atoms with Crippen LogP contribution in [0.4, 0.5) is 0 Å². The fourth-order valence-electron chi connectivity index (χ4n) is 5.38. The summed E-state index contributed by atoms with van der Waals surface area (Å²) in [7, 11) is 0. The van der Waals surface area contributed by atoms with Crippen LogP contribution < -0.4 is 4.74 Å². The van der Waals surface area contributed by atoms with Crippen LogP contribution in [0.5, 0.6) is 5.75 Å². The van der Waals surface area contributed by atoms with Crippen molar-refractivity contribution >= 4 is 28.5 Å². The van der Waals surface area contributed by atoms with E-state index in [1.165, 1.54) is 0 Å². The highest BCUT2D eigenvalue weighted by molar-refractivity contribution is 6.32. The van der Waals surface area contributed by atoms with E-state index < -0.39 is 0 Å². The highest BCUT2D eigenvalue weighted by Crippen LogP contribution is 2.35. The molecule has 0 spiro atoms. The maximum absolute atomic E-state index is 13.1. The lowest BCUT2D eigenvalue weighted by Gasteiger charge is -2.25. The number of benzene rings is 3. The van der Waals surface area contributed by atoms with Gasteiger partial charge in [-0.2, -0.15) is 0 Å². The molecule has 3 aromatic carbocycles. The van der Waals surface area contributed by atoms with E-state index in [0.29, 0.717) is 19.6 Å². The Balaban J connectivity index is 1.27. The van der Waals surface area contributed by atoms with Crippen LogP contribution in [0.1, 0.15) is 60.7 Å². The number of hydrogen-bond acceptors (Lipinski definition) is 3. The van der Waals surface area contributed by atoms with Crippen molar-refractivity contribution < 1.29 is 9.53 Å². The highest BCUT2D eigenvalue weighted by atomic mass is 35.5. The number of hydrogen-bond donors (Lipinski definition) is 0. The van der Waals surface area contributed by atoms with Gasteiger partial charge in [0, 0.05) is 30.5 Å². The lowest BCUT2D eigenvalue weighted by Crippen LogP contribution is -2.28. The molecule has 2 heterocycles. The molecule has 1 amide bonds. The predicted molar refractivity (Wildman–Crippen MR) is 149 cm³/mol. The number of rotatable bonds is 9. The fraction of sp³-hybridized carbons (Fsp3) is 0.355. The number of amides is 1. The Morgan fingerprint density at radius 1 is 1.03 bits per heavy atom. The van der Waals surface area contributed by atoms with Crippen molar-refractivity contribution in [2.45, 2.75) is 58.5 Å². The standard InChI is InChI=1S/C31H34ClN3O2/c1-21-17-26(18-22(2)30(21)32)37-16-10-9-15-34-28-14-8-7-13-27(28)33-31(34)25-19-29(36)35(20-25)23(3)24-11-5-4-6-12-24/h4-8,11-14,17-18,23,25H,9-10,15-16,19-20H2,1-3H3. The summed E-state index contributed by atoms with van der Waals surface area (Å²) in [5.74, 6) is 2.16. The number of halogens is 1. The Bertz CT molecular complexity index is 1380. The molecule has 0 radical (unpaired) electrons. The Hall–Kier alpha value is -3.31. The van der Waals surface area contributed by atoms with Crippen LogP contribution in [-0.4, -0.2) is 33.5 Å². The summed E-state index contributed by atoms with van der Waals surface area (Å²) >= 11 is 6.28. The van der Waals surface area contributed by atoms with E-state index in [4.69, 9.17) is 21.3 Å². The molecule has 37 heavy (non-hydrogen) atoms. The molecule has 5 rings (SSSR count). The van der Waals surface area contributed by atoms with Crippen molar-refractivity contribution in [3.05, 3.63) is 94.3 Å². The van der Waals surface area contributed by atoms with E-state index in [1.807, 2.05) is 55.1 Å². The first-order valence-corrected chi connectivity index (χ1v) is 13.5. The third-order valence-corrected chi connectivity index (χ3v) is 8.01. The first kappa shape index (κ1) is 25.3. The van der Waals surface area contributed by atoms with E-state index in [0.717, 1.165) is 63.7 Å². The number of carbonyl (C=O) groups is 1. The third kappa shape index (κ3) is 5.37. The lowest BCUT2D eigenvalue weighted by atomic mass is 10.1. The van der Waals surface area contributed by atoms with Gasteiger partial charge in [0.1, 0.15) is 11.6 Å². The second-order valence-corrected chi connectivity index (χ2v) is 10.4. The molecule has 0 bridgehead atoms. The zero-order valence-corrected chi connectivity index (χ0v) is 22.5. The summed E-state index contributed by atoms with van der Waals surface area (Å²) in [6.45, 7) is 8.30. The number of aromatic nitrogens is 2. The van der Waals surface area contributed by atoms with Gasteiger partial charge >= 0.3 is 0 Å². The quantitative estimate of drug-likeness (QED) is 0.221. The van der Waals surface area contributed by atoms with E-state index in [2.05, 4.69) is 41.8 Å². The third-order valence-electron chi connectivity index (χ3n) is 7.41. The van der Waals surface area contributed by atoms with Crippen molar-refractivity contribution in [2.75, 3.05) is 13.2 Å². The second-order valence-electron chi connectivity index (χ2n) is 10.1. The molecule has 2 unspecified atom stereocenters. The van der Waals surface area contributed by atoms with Crippen LogP contribution in [0, 0.1) is 13.8 Å².